The predicted octanol–water partition coefficient (Wildman–Crippen LogP) is 4.04. The number of carbonyl (C=O) groups is 1. The van der Waals surface area contributed by atoms with E-state index in [-0.39, 0.29) is 0 Å². The lowest BCUT2D eigenvalue weighted by Crippen LogP contribution is -2.18. The number of unbranched alkanes of at least 4 members (excludes halogenated alkanes) is 4. The van der Waals surface area contributed by atoms with Crippen LogP contribution in [0.5, 0.6) is 11.8 Å². The molecule has 0 aliphatic heterocycles. The van der Waals surface area contributed by atoms with Gasteiger partial charge in [0, 0.05) is 25.2 Å². The van der Waals surface area contributed by atoms with E-state index in [2.05, 4.69) is 24.0 Å². The molecule has 0 aliphatic rings. The molecule has 0 N–H and O–H groups in total. The minimum atomic E-state index is -0.774. The molecule has 24 heavy (non-hydrogen) atoms. The van der Waals surface area contributed by atoms with Gasteiger partial charge < -0.3 is 9.47 Å². The van der Waals surface area contributed by atoms with Crippen molar-refractivity contribution >= 4 is 6.16 Å². The van der Waals surface area contributed by atoms with E-state index < -0.39 is 6.16 Å². The Balaban J connectivity index is 1.88. The number of carbonyl (C=O) groups excluding carboxylic acids is 1. The van der Waals surface area contributed by atoms with Gasteiger partial charge in [-0.2, -0.15) is 10.2 Å². The van der Waals surface area contributed by atoms with Gasteiger partial charge in [-0.1, -0.05) is 39.5 Å². The topological polar surface area (TPSA) is 71.2 Å². The highest BCUT2D eigenvalue weighted by molar-refractivity contribution is 5.65. The number of aromatic nitrogens is 4. The van der Waals surface area contributed by atoms with Crippen LogP contribution in [-0.4, -0.2) is 25.7 Å². The first-order valence-corrected chi connectivity index (χ1v) is 8.67. The Morgan fingerprint density at radius 3 is 1.75 bits per heavy atom. The summed E-state index contributed by atoms with van der Waals surface area (Å²) in [6, 6.07) is 3.32. The Kier molecular flexibility index (Phi) is 7.32. The zero-order valence-corrected chi connectivity index (χ0v) is 14.5. The number of aryl methyl sites for hydroxylation is 2. The Labute approximate surface area is 142 Å². The highest BCUT2D eigenvalue weighted by Gasteiger charge is 2.14. The molecule has 2 heterocycles. The second-order valence-corrected chi connectivity index (χ2v) is 5.65. The van der Waals surface area contributed by atoms with Gasteiger partial charge in [0.2, 0.25) is 11.8 Å². The molecule has 2 aromatic heterocycles. The zero-order valence-electron chi connectivity index (χ0n) is 14.5. The molecule has 132 valence electrons. The molecule has 7 nitrogen and oxygen atoms in total. The van der Waals surface area contributed by atoms with Gasteiger partial charge in [0.25, 0.3) is 0 Å². The maximum absolute atomic E-state index is 12.0. The summed E-state index contributed by atoms with van der Waals surface area (Å²) < 4.78 is 13.9. The fraction of sp³-hybridized carbons (Fsp3) is 0.588. The monoisotopic (exact) mass is 334 g/mol. The third-order valence-corrected chi connectivity index (χ3v) is 3.68. The maximum Gasteiger partial charge on any atom is 0.522 e. The van der Waals surface area contributed by atoms with Gasteiger partial charge >= 0.3 is 6.16 Å². The summed E-state index contributed by atoms with van der Waals surface area (Å²) >= 11 is 0. The molecule has 2 rings (SSSR count). The normalized spacial score (nSPS) is 10.8. The van der Waals surface area contributed by atoms with Gasteiger partial charge in [0.15, 0.2) is 0 Å². The molecule has 7 heteroatoms. The van der Waals surface area contributed by atoms with Gasteiger partial charge in [-0.3, -0.25) is 0 Å². The van der Waals surface area contributed by atoms with Crippen molar-refractivity contribution in [3.05, 3.63) is 24.5 Å². The van der Waals surface area contributed by atoms with E-state index in [4.69, 9.17) is 9.47 Å². The summed E-state index contributed by atoms with van der Waals surface area (Å²) in [6.07, 6.45) is 8.92. The fourth-order valence-electron chi connectivity index (χ4n) is 2.37. The number of hydrogen-bond acceptors (Lipinski definition) is 5. The Hall–Kier alpha value is -2.31. The summed E-state index contributed by atoms with van der Waals surface area (Å²) in [5.74, 6) is 0.793. The molecule has 0 bridgehead atoms. The SMILES string of the molecule is CCCCCn1nccc1OC(=O)Oc1ccnn1CCCCC. The second-order valence-electron chi connectivity index (χ2n) is 5.65. The molecule has 0 amide bonds. The molecule has 0 aliphatic carbocycles. The van der Waals surface area contributed by atoms with Crippen molar-refractivity contribution in [2.45, 2.75) is 65.5 Å². The highest BCUT2D eigenvalue weighted by atomic mass is 16.7. The molecule has 0 saturated heterocycles. The number of nitrogens with zero attached hydrogens (tertiary/aromatic N) is 4. The summed E-state index contributed by atoms with van der Waals surface area (Å²) in [7, 11) is 0. The van der Waals surface area contributed by atoms with Crippen LogP contribution < -0.4 is 9.47 Å². The predicted molar refractivity (Wildman–Crippen MR) is 90.2 cm³/mol. The van der Waals surface area contributed by atoms with E-state index >= 15 is 0 Å². The molecule has 0 radical (unpaired) electrons. The highest BCUT2D eigenvalue weighted by Crippen LogP contribution is 2.15. The number of hydrogen-bond donors (Lipinski definition) is 0. The van der Waals surface area contributed by atoms with Gasteiger partial charge in [-0.25, -0.2) is 14.2 Å². The van der Waals surface area contributed by atoms with E-state index in [9.17, 15) is 4.79 Å². The van der Waals surface area contributed by atoms with Crippen molar-refractivity contribution in [3.8, 4) is 11.8 Å². The average molecular weight is 334 g/mol. The summed E-state index contributed by atoms with van der Waals surface area (Å²) in [6.45, 7) is 5.72. The summed E-state index contributed by atoms with van der Waals surface area (Å²) in [5, 5.41) is 8.34. The molecular formula is C17H26N4O3. The first-order valence-electron chi connectivity index (χ1n) is 8.67. The van der Waals surface area contributed by atoms with Crippen LogP contribution >= 0.6 is 0 Å². The van der Waals surface area contributed by atoms with Crippen LogP contribution in [0, 0.1) is 0 Å². The van der Waals surface area contributed by atoms with E-state index in [1.807, 2.05) is 0 Å². The molecule has 0 aromatic carbocycles. The van der Waals surface area contributed by atoms with Crippen LogP contribution in [0.2, 0.25) is 0 Å². The number of ether oxygens (including phenoxy) is 2. The molecule has 0 unspecified atom stereocenters. The largest absolute Gasteiger partial charge is 0.522 e. The quantitative estimate of drug-likeness (QED) is 0.484. The lowest BCUT2D eigenvalue weighted by Gasteiger charge is -2.09. The molecule has 0 atom stereocenters. The van der Waals surface area contributed by atoms with Gasteiger partial charge in [-0.15, -0.1) is 0 Å². The van der Waals surface area contributed by atoms with Crippen molar-refractivity contribution in [2.24, 2.45) is 0 Å². The minimum Gasteiger partial charge on any atom is -0.376 e. The molecule has 0 saturated carbocycles. The first kappa shape index (κ1) is 18.0. The minimum absolute atomic E-state index is 0.396. The maximum atomic E-state index is 12.0. The Morgan fingerprint density at radius 1 is 0.875 bits per heavy atom. The van der Waals surface area contributed by atoms with Crippen molar-refractivity contribution in [3.63, 3.8) is 0 Å². The van der Waals surface area contributed by atoms with Crippen molar-refractivity contribution in [1.82, 2.24) is 19.6 Å². The van der Waals surface area contributed by atoms with Crippen LogP contribution in [0.4, 0.5) is 4.79 Å². The van der Waals surface area contributed by atoms with Gasteiger partial charge in [0.1, 0.15) is 0 Å². The molecular weight excluding hydrogens is 308 g/mol. The standard InChI is InChI=1S/C17H26N4O3/c1-3-5-7-13-20-15(9-11-18-20)23-17(22)24-16-10-12-19-21(16)14-8-6-4-2/h9-12H,3-8,13-14H2,1-2H3. The van der Waals surface area contributed by atoms with Crippen molar-refractivity contribution < 1.29 is 14.3 Å². The number of rotatable bonds is 10. The third kappa shape index (κ3) is 5.40. The molecule has 0 spiro atoms. The first-order chi connectivity index (χ1) is 11.7. The lowest BCUT2D eigenvalue weighted by atomic mass is 10.2. The van der Waals surface area contributed by atoms with Gasteiger partial charge in [0.05, 0.1) is 12.4 Å². The van der Waals surface area contributed by atoms with E-state index in [1.54, 1.807) is 33.9 Å². The fourth-order valence-corrected chi connectivity index (χ4v) is 2.37. The van der Waals surface area contributed by atoms with Crippen LogP contribution in [0.1, 0.15) is 52.4 Å². The van der Waals surface area contributed by atoms with E-state index in [0.717, 1.165) is 51.6 Å². The van der Waals surface area contributed by atoms with Crippen LogP contribution in [-0.2, 0) is 13.1 Å². The van der Waals surface area contributed by atoms with E-state index in [1.165, 1.54) is 0 Å². The van der Waals surface area contributed by atoms with E-state index in [0.29, 0.717) is 11.8 Å². The Morgan fingerprint density at radius 2 is 1.33 bits per heavy atom. The van der Waals surface area contributed by atoms with Crippen LogP contribution in [0.25, 0.3) is 0 Å². The smallest absolute Gasteiger partial charge is 0.376 e. The molecule has 2 aromatic rings. The average Bonchev–Trinajstić information content (AvgIpc) is 3.18. The lowest BCUT2D eigenvalue weighted by molar-refractivity contribution is 0.142. The van der Waals surface area contributed by atoms with Crippen LogP contribution in [0.3, 0.4) is 0 Å². The summed E-state index contributed by atoms with van der Waals surface area (Å²) in [4.78, 5) is 12.0. The summed E-state index contributed by atoms with van der Waals surface area (Å²) in [5.41, 5.74) is 0. The zero-order chi connectivity index (χ0) is 17.2. The van der Waals surface area contributed by atoms with Crippen LogP contribution in [0.15, 0.2) is 24.5 Å². The van der Waals surface area contributed by atoms with Gasteiger partial charge in [-0.05, 0) is 12.8 Å². The molecule has 0 fully saturated rings. The third-order valence-electron chi connectivity index (χ3n) is 3.68. The van der Waals surface area contributed by atoms with Crippen molar-refractivity contribution in [1.29, 1.82) is 0 Å². The van der Waals surface area contributed by atoms with Crippen molar-refractivity contribution in [2.75, 3.05) is 0 Å². The second kappa shape index (κ2) is 9.75. The Bertz CT molecular complexity index is 569.